The van der Waals surface area contributed by atoms with Crippen LogP contribution in [0.4, 0.5) is 5.69 Å². The number of carbonyl (C=O) groups excluding carboxylic acids is 1. The molecule has 0 bridgehead atoms. The number of nitrogens with zero attached hydrogens (tertiary/aromatic N) is 1. The lowest BCUT2D eigenvalue weighted by molar-refractivity contribution is -0.385. The molecule has 2 aromatic rings. The fourth-order valence-electron chi connectivity index (χ4n) is 2.73. The second-order valence-electron chi connectivity index (χ2n) is 5.28. The molecule has 0 radical (unpaired) electrons. The molecule has 0 aliphatic carbocycles. The molecule has 0 aromatic heterocycles. The van der Waals surface area contributed by atoms with E-state index in [1.54, 1.807) is 36.4 Å². The molecule has 0 N–H and O–H groups in total. The van der Waals surface area contributed by atoms with Gasteiger partial charge in [0.25, 0.3) is 5.69 Å². The Hall–Kier alpha value is -1.70. The zero-order valence-electron chi connectivity index (χ0n) is 12.5. The van der Waals surface area contributed by atoms with Gasteiger partial charge in [-0.3, -0.25) is 19.1 Å². The lowest BCUT2D eigenvalue weighted by Gasteiger charge is -2.30. The number of thioether (sulfide) groups is 1. The zero-order chi connectivity index (χ0) is 17.4. The first kappa shape index (κ1) is 17.1. The van der Waals surface area contributed by atoms with E-state index in [0.29, 0.717) is 11.1 Å². The molecule has 0 saturated carbocycles. The topological polar surface area (TPSA) is 77.3 Å². The predicted octanol–water partition coefficient (Wildman–Crippen LogP) is 4.03. The van der Waals surface area contributed by atoms with E-state index in [0.717, 1.165) is 4.90 Å². The van der Waals surface area contributed by atoms with Gasteiger partial charge in [-0.15, -0.1) is 11.8 Å². The molecule has 0 amide bonds. The summed E-state index contributed by atoms with van der Waals surface area (Å²) in [6, 6.07) is 11.4. The smallest absolute Gasteiger partial charge is 0.275 e. The van der Waals surface area contributed by atoms with Crippen molar-refractivity contribution in [2.24, 2.45) is 0 Å². The number of hydrogen-bond acceptors (Lipinski definition) is 5. The van der Waals surface area contributed by atoms with E-state index in [2.05, 4.69) is 0 Å². The van der Waals surface area contributed by atoms with E-state index < -0.39 is 26.2 Å². The Labute approximate surface area is 150 Å². The minimum atomic E-state index is -1.47. The van der Waals surface area contributed by atoms with Crippen molar-refractivity contribution in [3.8, 4) is 0 Å². The van der Waals surface area contributed by atoms with Crippen molar-refractivity contribution in [1.82, 2.24) is 0 Å². The highest BCUT2D eigenvalue weighted by atomic mass is 35.5. The molecule has 1 aliphatic rings. The summed E-state index contributed by atoms with van der Waals surface area (Å²) in [7, 11) is -1.47. The van der Waals surface area contributed by atoms with Gasteiger partial charge >= 0.3 is 0 Å². The fourth-order valence-corrected chi connectivity index (χ4v) is 5.75. The summed E-state index contributed by atoms with van der Waals surface area (Å²) < 4.78 is 12.2. The third-order valence-electron chi connectivity index (χ3n) is 3.79. The lowest BCUT2D eigenvalue weighted by Crippen LogP contribution is -2.34. The van der Waals surface area contributed by atoms with Gasteiger partial charge in [-0.05, 0) is 18.2 Å². The fraction of sp³-hybridized carbons (Fsp3) is 0.188. The highest BCUT2D eigenvalue weighted by Crippen LogP contribution is 2.48. The molecule has 0 spiro atoms. The van der Waals surface area contributed by atoms with Gasteiger partial charge < -0.3 is 0 Å². The van der Waals surface area contributed by atoms with Crippen molar-refractivity contribution in [3.63, 3.8) is 0 Å². The summed E-state index contributed by atoms with van der Waals surface area (Å²) in [5, 5.41) is 10.2. The zero-order valence-corrected chi connectivity index (χ0v) is 14.9. The van der Waals surface area contributed by atoms with Gasteiger partial charge in [0.2, 0.25) is 0 Å². The number of hydrogen-bond donors (Lipinski definition) is 0. The van der Waals surface area contributed by atoms with Crippen LogP contribution in [0.1, 0.15) is 21.2 Å². The molecule has 0 fully saturated rings. The molecular weight excluding hydrogens is 370 g/mol. The number of Topliss-reactive ketones (excluding diaryl/α,β-unsaturated/α-hetero) is 1. The summed E-state index contributed by atoms with van der Waals surface area (Å²) in [6.45, 7) is 0. The third kappa shape index (κ3) is 2.99. The summed E-state index contributed by atoms with van der Waals surface area (Å²) >= 11 is 7.20. The van der Waals surface area contributed by atoms with Crippen molar-refractivity contribution in [1.29, 1.82) is 0 Å². The highest BCUT2D eigenvalue weighted by molar-refractivity contribution is 8.01. The molecule has 5 nitrogen and oxygen atoms in total. The van der Waals surface area contributed by atoms with Crippen LogP contribution in [0.2, 0.25) is 5.02 Å². The van der Waals surface area contributed by atoms with E-state index >= 15 is 0 Å². The normalized spacial score (nSPS) is 21.2. The van der Waals surface area contributed by atoms with Crippen LogP contribution in [0.3, 0.4) is 0 Å². The van der Waals surface area contributed by atoms with E-state index in [9.17, 15) is 19.1 Å². The Kier molecular flexibility index (Phi) is 4.76. The number of fused-ring (bicyclic) bond motifs is 1. The van der Waals surface area contributed by atoms with Crippen LogP contribution in [0.25, 0.3) is 0 Å². The van der Waals surface area contributed by atoms with Crippen LogP contribution < -0.4 is 0 Å². The summed E-state index contributed by atoms with van der Waals surface area (Å²) in [5.74, 6) is -0.251. The molecule has 8 heteroatoms. The maximum atomic E-state index is 12.8. The van der Waals surface area contributed by atoms with Crippen molar-refractivity contribution in [2.45, 2.75) is 15.4 Å². The van der Waals surface area contributed by atoms with Crippen molar-refractivity contribution in [3.05, 3.63) is 68.7 Å². The van der Waals surface area contributed by atoms with E-state index in [-0.39, 0.29) is 16.5 Å². The van der Waals surface area contributed by atoms with Gasteiger partial charge in [-0.25, -0.2) is 0 Å². The molecule has 2 aromatic carbocycles. The van der Waals surface area contributed by atoms with E-state index in [4.69, 9.17) is 11.6 Å². The number of carbonyl (C=O) groups is 1. The van der Waals surface area contributed by atoms with Crippen molar-refractivity contribution < 1.29 is 13.9 Å². The van der Waals surface area contributed by atoms with Gasteiger partial charge in [-0.2, -0.15) is 0 Å². The Balaban J connectivity index is 2.18. The van der Waals surface area contributed by atoms with Gasteiger partial charge in [0.15, 0.2) is 5.78 Å². The molecular formula is C16H12ClNO4S2. The monoisotopic (exact) mass is 381 g/mol. The van der Waals surface area contributed by atoms with Gasteiger partial charge in [-0.1, -0.05) is 29.8 Å². The van der Waals surface area contributed by atoms with Gasteiger partial charge in [0, 0.05) is 44.2 Å². The van der Waals surface area contributed by atoms with E-state index in [1.165, 1.54) is 24.1 Å². The quantitative estimate of drug-likeness (QED) is 0.592. The van der Waals surface area contributed by atoms with Crippen LogP contribution in [0.15, 0.2) is 47.4 Å². The van der Waals surface area contributed by atoms with Crippen LogP contribution in [-0.4, -0.2) is 26.4 Å². The Morgan fingerprint density at radius 3 is 2.62 bits per heavy atom. The van der Waals surface area contributed by atoms with Crippen LogP contribution in [0, 0.1) is 10.1 Å². The molecule has 3 unspecified atom stereocenters. The first-order valence-electron chi connectivity index (χ1n) is 6.96. The second-order valence-corrected chi connectivity index (χ2v) is 8.40. The predicted molar refractivity (Wildman–Crippen MR) is 95.3 cm³/mol. The number of nitro benzene ring substituents is 1. The van der Waals surface area contributed by atoms with E-state index in [1.807, 2.05) is 0 Å². The van der Waals surface area contributed by atoms with Gasteiger partial charge in [0.1, 0.15) is 5.25 Å². The minimum Gasteiger partial charge on any atom is -0.293 e. The summed E-state index contributed by atoms with van der Waals surface area (Å²) in [4.78, 5) is 24.4. The van der Waals surface area contributed by atoms with Crippen LogP contribution in [0.5, 0.6) is 0 Å². The molecule has 0 saturated heterocycles. The molecule has 1 aliphatic heterocycles. The maximum Gasteiger partial charge on any atom is 0.275 e. The Morgan fingerprint density at radius 2 is 1.96 bits per heavy atom. The first-order chi connectivity index (χ1) is 11.4. The lowest BCUT2D eigenvalue weighted by atomic mass is 9.99. The van der Waals surface area contributed by atoms with Gasteiger partial charge in [0.05, 0.1) is 10.2 Å². The largest absolute Gasteiger partial charge is 0.293 e. The number of rotatable bonds is 3. The molecule has 1 heterocycles. The second kappa shape index (κ2) is 6.66. The molecule has 3 atom stereocenters. The third-order valence-corrected chi connectivity index (χ3v) is 6.79. The van der Waals surface area contributed by atoms with Crippen LogP contribution in [-0.2, 0) is 10.8 Å². The Bertz CT molecular complexity index is 871. The standard InChI is InChI=1S/C16H12ClNO4S2/c1-24(22)16-14(19)11-4-2-3-5-13(11)23-15(16)10-7-6-9(17)8-12(10)18(20)21/h2-8,15-16H,1H3. The first-order valence-corrected chi connectivity index (χ1v) is 9.84. The van der Waals surface area contributed by atoms with Crippen molar-refractivity contribution in [2.75, 3.05) is 6.26 Å². The number of benzene rings is 2. The molecule has 3 rings (SSSR count). The minimum absolute atomic E-state index is 0.164. The highest BCUT2D eigenvalue weighted by Gasteiger charge is 2.42. The average Bonchev–Trinajstić information content (AvgIpc) is 2.54. The number of nitro groups is 1. The number of ketones is 1. The average molecular weight is 382 g/mol. The Morgan fingerprint density at radius 1 is 1.25 bits per heavy atom. The molecule has 124 valence electrons. The molecule has 24 heavy (non-hydrogen) atoms. The summed E-state index contributed by atoms with van der Waals surface area (Å²) in [6.07, 6.45) is 1.45. The summed E-state index contributed by atoms with van der Waals surface area (Å²) in [5.41, 5.74) is 0.704. The SMILES string of the molecule is CS(=O)C1C(=O)c2ccccc2SC1c1ccc(Cl)cc1[N+](=O)[O-]. The van der Waals surface area contributed by atoms with Crippen LogP contribution >= 0.6 is 23.4 Å². The van der Waals surface area contributed by atoms with Crippen molar-refractivity contribution >= 4 is 45.6 Å². The maximum absolute atomic E-state index is 12.8. The number of halogens is 1.